The molecule has 1 saturated heterocycles. The summed E-state index contributed by atoms with van der Waals surface area (Å²) in [6.45, 7) is 6.60. The van der Waals surface area contributed by atoms with Gasteiger partial charge in [0, 0.05) is 13.0 Å². The maximum atomic E-state index is 12.3. The van der Waals surface area contributed by atoms with Crippen LogP contribution in [0.2, 0.25) is 0 Å². The predicted octanol–water partition coefficient (Wildman–Crippen LogP) is 2.67. The van der Waals surface area contributed by atoms with Crippen LogP contribution in [0.1, 0.15) is 59.3 Å². The van der Waals surface area contributed by atoms with Crippen molar-refractivity contribution in [3.05, 3.63) is 0 Å². The van der Waals surface area contributed by atoms with Crippen LogP contribution in [0, 0.1) is 5.41 Å². The van der Waals surface area contributed by atoms with E-state index < -0.39 is 12.0 Å². The molecule has 1 aliphatic rings. The fraction of sp³-hybridized carbons (Fsp3) is 0.857. The summed E-state index contributed by atoms with van der Waals surface area (Å²) in [6, 6.07) is -0.625. The molecule has 4 nitrogen and oxygen atoms in total. The van der Waals surface area contributed by atoms with Crippen molar-refractivity contribution in [3.63, 3.8) is 0 Å². The molecule has 0 spiro atoms. The van der Waals surface area contributed by atoms with Crippen LogP contribution in [0.15, 0.2) is 0 Å². The Hall–Kier alpha value is -1.06. The Kier molecular flexibility index (Phi) is 5.17. The molecule has 1 atom stereocenters. The highest BCUT2D eigenvalue weighted by Gasteiger charge is 2.31. The maximum absolute atomic E-state index is 12.3. The number of nitrogens with zero attached hydrogens (tertiary/aromatic N) is 1. The van der Waals surface area contributed by atoms with Crippen LogP contribution >= 0.6 is 0 Å². The summed E-state index contributed by atoms with van der Waals surface area (Å²) < 4.78 is 0. The van der Waals surface area contributed by atoms with Gasteiger partial charge in [-0.1, -0.05) is 40.0 Å². The van der Waals surface area contributed by atoms with Crippen LogP contribution in [0.4, 0.5) is 0 Å². The van der Waals surface area contributed by atoms with Crippen molar-refractivity contribution in [3.8, 4) is 0 Å². The number of likely N-dealkylation sites (tertiary alicyclic amines) is 1. The molecular weight excluding hydrogens is 230 g/mol. The molecule has 0 aromatic rings. The number of carbonyl (C=O) groups is 2. The summed E-state index contributed by atoms with van der Waals surface area (Å²) in [5.74, 6) is -0.879. The molecule has 0 aromatic heterocycles. The molecule has 0 aromatic carbocycles. The van der Waals surface area contributed by atoms with E-state index in [0.29, 0.717) is 19.4 Å². The Balaban J connectivity index is 2.77. The lowest BCUT2D eigenvalue weighted by atomic mass is 9.90. The molecule has 0 bridgehead atoms. The molecule has 1 fully saturated rings. The molecule has 1 N–H and O–H groups in total. The lowest BCUT2D eigenvalue weighted by molar-refractivity contribution is -0.151. The first-order valence-corrected chi connectivity index (χ1v) is 6.83. The van der Waals surface area contributed by atoms with E-state index in [4.69, 9.17) is 0 Å². The Morgan fingerprint density at radius 2 is 1.78 bits per heavy atom. The summed E-state index contributed by atoms with van der Waals surface area (Å²) in [4.78, 5) is 25.2. The Morgan fingerprint density at radius 1 is 1.17 bits per heavy atom. The maximum Gasteiger partial charge on any atom is 0.326 e. The molecule has 0 radical (unpaired) electrons. The van der Waals surface area contributed by atoms with Crippen LogP contribution in [-0.2, 0) is 9.59 Å². The van der Waals surface area contributed by atoms with Crippen LogP contribution in [-0.4, -0.2) is 34.5 Å². The number of carboxylic acid groups (broad SMARTS) is 1. The number of aliphatic carboxylic acids is 1. The zero-order valence-electron chi connectivity index (χ0n) is 11.7. The fourth-order valence-electron chi connectivity index (χ4n) is 2.40. The number of carboxylic acids is 1. The minimum Gasteiger partial charge on any atom is -0.480 e. The third-order valence-electron chi connectivity index (χ3n) is 3.29. The first-order chi connectivity index (χ1) is 8.31. The van der Waals surface area contributed by atoms with Crippen molar-refractivity contribution >= 4 is 11.9 Å². The van der Waals surface area contributed by atoms with Crippen molar-refractivity contribution in [2.45, 2.75) is 65.3 Å². The van der Waals surface area contributed by atoms with E-state index in [1.807, 2.05) is 20.8 Å². The number of carbonyl (C=O) groups excluding carboxylic acids is 1. The second-order valence-electron chi connectivity index (χ2n) is 6.38. The van der Waals surface area contributed by atoms with Gasteiger partial charge in [0.1, 0.15) is 6.04 Å². The van der Waals surface area contributed by atoms with E-state index in [1.54, 1.807) is 4.90 Å². The van der Waals surface area contributed by atoms with Gasteiger partial charge >= 0.3 is 5.97 Å². The monoisotopic (exact) mass is 255 g/mol. The smallest absolute Gasteiger partial charge is 0.326 e. The quantitative estimate of drug-likeness (QED) is 0.825. The number of amides is 1. The number of hydrogen-bond acceptors (Lipinski definition) is 2. The van der Waals surface area contributed by atoms with Crippen molar-refractivity contribution < 1.29 is 14.7 Å². The van der Waals surface area contributed by atoms with Crippen molar-refractivity contribution in [2.75, 3.05) is 6.54 Å². The van der Waals surface area contributed by atoms with Crippen molar-refractivity contribution in [1.29, 1.82) is 0 Å². The standard InChI is InChI=1S/C14H25NO3/c1-14(2,3)10-12(16)15-9-7-5-4-6-8-11(15)13(17)18/h11H,4-10H2,1-3H3,(H,17,18). The minimum atomic E-state index is -0.862. The van der Waals surface area contributed by atoms with Gasteiger partial charge in [-0.15, -0.1) is 0 Å². The van der Waals surface area contributed by atoms with Gasteiger partial charge in [-0.3, -0.25) is 4.79 Å². The molecule has 104 valence electrons. The lowest BCUT2D eigenvalue weighted by Crippen LogP contribution is -2.47. The van der Waals surface area contributed by atoms with Gasteiger partial charge in [-0.25, -0.2) is 4.79 Å². The molecule has 0 saturated carbocycles. The highest BCUT2D eigenvalue weighted by Crippen LogP contribution is 2.23. The van der Waals surface area contributed by atoms with Gasteiger partial charge in [0.05, 0.1) is 0 Å². The molecule has 1 unspecified atom stereocenters. The van der Waals surface area contributed by atoms with Crippen LogP contribution in [0.3, 0.4) is 0 Å². The van der Waals surface area contributed by atoms with E-state index in [2.05, 4.69) is 0 Å². The van der Waals surface area contributed by atoms with Gasteiger partial charge in [0.25, 0.3) is 0 Å². The zero-order chi connectivity index (χ0) is 13.8. The molecule has 1 rings (SSSR count). The Bertz CT molecular complexity index is 307. The summed E-state index contributed by atoms with van der Waals surface area (Å²) >= 11 is 0. The summed E-state index contributed by atoms with van der Waals surface area (Å²) in [7, 11) is 0. The second-order valence-corrected chi connectivity index (χ2v) is 6.38. The zero-order valence-corrected chi connectivity index (χ0v) is 11.7. The molecule has 18 heavy (non-hydrogen) atoms. The Morgan fingerprint density at radius 3 is 2.33 bits per heavy atom. The highest BCUT2D eigenvalue weighted by molar-refractivity contribution is 5.84. The van der Waals surface area contributed by atoms with Gasteiger partial charge in [0.15, 0.2) is 0 Å². The van der Waals surface area contributed by atoms with Crippen LogP contribution in [0.25, 0.3) is 0 Å². The van der Waals surface area contributed by atoms with E-state index >= 15 is 0 Å². The minimum absolute atomic E-state index is 0.0169. The first-order valence-electron chi connectivity index (χ1n) is 6.83. The third-order valence-corrected chi connectivity index (χ3v) is 3.29. The molecule has 4 heteroatoms. The predicted molar refractivity (Wildman–Crippen MR) is 70.3 cm³/mol. The number of hydrogen-bond donors (Lipinski definition) is 1. The third kappa shape index (κ3) is 4.67. The largest absolute Gasteiger partial charge is 0.480 e. The van der Waals surface area contributed by atoms with E-state index in [1.165, 1.54) is 0 Å². The lowest BCUT2D eigenvalue weighted by Gasteiger charge is -2.33. The molecule has 1 heterocycles. The first kappa shape index (κ1) is 15.0. The van der Waals surface area contributed by atoms with Crippen molar-refractivity contribution in [2.24, 2.45) is 5.41 Å². The normalized spacial score (nSPS) is 22.2. The van der Waals surface area contributed by atoms with Gasteiger partial charge in [0.2, 0.25) is 5.91 Å². The fourth-order valence-corrected chi connectivity index (χ4v) is 2.40. The van der Waals surface area contributed by atoms with Gasteiger partial charge in [-0.2, -0.15) is 0 Å². The Labute approximate surface area is 109 Å². The topological polar surface area (TPSA) is 57.6 Å². The van der Waals surface area contributed by atoms with E-state index in [-0.39, 0.29) is 11.3 Å². The molecule has 1 aliphatic heterocycles. The summed E-state index contributed by atoms with van der Waals surface area (Å²) in [5, 5.41) is 9.28. The molecule has 0 aliphatic carbocycles. The molecular formula is C14H25NO3. The average molecular weight is 255 g/mol. The van der Waals surface area contributed by atoms with E-state index in [9.17, 15) is 14.7 Å². The SMILES string of the molecule is CC(C)(C)CC(=O)N1CCCCCCC1C(=O)O. The van der Waals surface area contributed by atoms with Crippen LogP contribution < -0.4 is 0 Å². The summed E-state index contributed by atoms with van der Waals surface area (Å²) in [6.07, 6.45) is 4.98. The molecule has 1 amide bonds. The van der Waals surface area contributed by atoms with Gasteiger partial charge in [-0.05, 0) is 18.3 Å². The summed E-state index contributed by atoms with van der Waals surface area (Å²) in [5.41, 5.74) is -0.0947. The second kappa shape index (κ2) is 6.21. The number of rotatable bonds is 2. The van der Waals surface area contributed by atoms with Gasteiger partial charge < -0.3 is 10.0 Å². The van der Waals surface area contributed by atoms with E-state index in [0.717, 1.165) is 25.7 Å². The highest BCUT2D eigenvalue weighted by atomic mass is 16.4. The van der Waals surface area contributed by atoms with Crippen molar-refractivity contribution in [1.82, 2.24) is 4.90 Å². The average Bonchev–Trinajstić information content (AvgIpc) is 2.12. The van der Waals surface area contributed by atoms with Crippen LogP contribution in [0.5, 0.6) is 0 Å².